The summed E-state index contributed by atoms with van der Waals surface area (Å²) >= 11 is 12.0. The second kappa shape index (κ2) is 9.20. The molecular weight excluding hydrogens is 439 g/mol. The van der Waals surface area contributed by atoms with E-state index in [1.54, 1.807) is 18.2 Å². The molecule has 0 atom stereocenters. The molecule has 1 heterocycles. The van der Waals surface area contributed by atoms with Crippen LogP contribution >= 0.6 is 23.2 Å². The van der Waals surface area contributed by atoms with Crippen molar-refractivity contribution in [2.45, 2.75) is 6.61 Å². The molecule has 0 aliphatic carbocycles. The van der Waals surface area contributed by atoms with Gasteiger partial charge in [-0.3, -0.25) is 14.9 Å². The first-order valence-corrected chi connectivity index (χ1v) is 8.87. The Morgan fingerprint density at radius 2 is 2.10 bits per heavy atom. The van der Waals surface area contributed by atoms with Crippen LogP contribution in [-0.2, 0) is 6.61 Å². The third-order valence-corrected chi connectivity index (χ3v) is 4.29. The Morgan fingerprint density at radius 1 is 1.30 bits per heavy atom. The van der Waals surface area contributed by atoms with Crippen LogP contribution in [0.15, 0.2) is 46.1 Å². The fourth-order valence-corrected chi connectivity index (χ4v) is 2.71. The van der Waals surface area contributed by atoms with Gasteiger partial charge in [-0.1, -0.05) is 29.3 Å². The number of amides is 1. The lowest BCUT2D eigenvalue weighted by Gasteiger charge is -2.10. The molecule has 2 aromatic carbocycles. The van der Waals surface area contributed by atoms with E-state index >= 15 is 0 Å². The molecule has 3 rings (SSSR count). The van der Waals surface area contributed by atoms with Crippen molar-refractivity contribution in [2.75, 3.05) is 5.73 Å². The summed E-state index contributed by atoms with van der Waals surface area (Å²) in [6.45, 7) is 0.0716. The second-order valence-electron chi connectivity index (χ2n) is 5.70. The summed E-state index contributed by atoms with van der Waals surface area (Å²) in [6, 6.07) is 8.84. The van der Waals surface area contributed by atoms with Gasteiger partial charge in [0.15, 0.2) is 0 Å². The van der Waals surface area contributed by atoms with Crippen LogP contribution in [0.1, 0.15) is 21.6 Å². The van der Waals surface area contributed by atoms with Crippen LogP contribution in [0.4, 0.5) is 11.5 Å². The van der Waals surface area contributed by atoms with Gasteiger partial charge in [0.1, 0.15) is 12.4 Å². The number of benzene rings is 2. The molecule has 0 unspecified atom stereocenters. The van der Waals surface area contributed by atoms with Crippen LogP contribution in [0.3, 0.4) is 0 Å². The van der Waals surface area contributed by atoms with Crippen molar-refractivity contribution in [1.29, 1.82) is 0 Å². The van der Waals surface area contributed by atoms with Crippen LogP contribution in [-0.4, -0.2) is 27.4 Å². The first-order valence-electron chi connectivity index (χ1n) is 8.11. The van der Waals surface area contributed by atoms with Gasteiger partial charge in [0, 0.05) is 33.3 Å². The summed E-state index contributed by atoms with van der Waals surface area (Å²) in [7, 11) is 0. The molecule has 13 heteroatoms. The number of halogens is 2. The van der Waals surface area contributed by atoms with Gasteiger partial charge >= 0.3 is 0 Å². The van der Waals surface area contributed by atoms with Gasteiger partial charge in [-0.25, -0.2) is 10.1 Å². The fourth-order valence-electron chi connectivity index (χ4n) is 2.24. The van der Waals surface area contributed by atoms with Gasteiger partial charge < -0.3 is 10.5 Å². The van der Waals surface area contributed by atoms with Crippen LogP contribution < -0.4 is 15.9 Å². The van der Waals surface area contributed by atoms with Gasteiger partial charge in [-0.05, 0) is 28.5 Å². The van der Waals surface area contributed by atoms with Gasteiger partial charge in [0.2, 0.25) is 11.5 Å². The van der Waals surface area contributed by atoms with Crippen molar-refractivity contribution in [3.63, 3.8) is 0 Å². The number of carbonyl (C=O) groups excluding carboxylic acids is 1. The molecule has 0 saturated carbocycles. The zero-order chi connectivity index (χ0) is 21.7. The van der Waals surface area contributed by atoms with E-state index in [1.807, 2.05) is 0 Å². The largest absolute Gasteiger partial charge is 0.488 e. The van der Waals surface area contributed by atoms with E-state index in [2.05, 4.69) is 25.5 Å². The maximum absolute atomic E-state index is 11.9. The lowest BCUT2D eigenvalue weighted by atomic mass is 10.2. The van der Waals surface area contributed by atoms with Crippen LogP contribution in [0, 0.1) is 10.1 Å². The SMILES string of the molecule is Nc1nonc1C(=O)N/N=C/c1cc([N+](=O)[O-])ccc1OCc1ccc(Cl)cc1Cl. The predicted octanol–water partition coefficient (Wildman–Crippen LogP) is 3.21. The molecule has 11 nitrogen and oxygen atoms in total. The van der Waals surface area contributed by atoms with Gasteiger partial charge in [-0.15, -0.1) is 0 Å². The van der Waals surface area contributed by atoms with Crippen LogP contribution in [0.25, 0.3) is 0 Å². The van der Waals surface area contributed by atoms with Gasteiger partial charge in [0.05, 0.1) is 11.1 Å². The quantitative estimate of drug-likeness (QED) is 0.315. The molecule has 3 N–H and O–H groups in total. The Balaban J connectivity index is 1.78. The lowest BCUT2D eigenvalue weighted by Crippen LogP contribution is -2.19. The number of hydrogen-bond donors (Lipinski definition) is 2. The number of carbonyl (C=O) groups is 1. The lowest BCUT2D eigenvalue weighted by molar-refractivity contribution is -0.384. The molecule has 0 aliphatic rings. The monoisotopic (exact) mass is 450 g/mol. The van der Waals surface area contributed by atoms with E-state index in [4.69, 9.17) is 33.7 Å². The number of nitro benzene ring substituents is 1. The molecule has 0 bridgehead atoms. The minimum absolute atomic E-state index is 0.0716. The standard InChI is InChI=1S/C17H12Cl2N6O5/c18-11-2-1-9(13(19)6-11)8-29-14-4-3-12(25(27)28)5-10(14)7-21-22-17(26)15-16(20)24-30-23-15/h1-7H,8H2,(H2,20,24)(H,22,26)/b21-7+. The van der Waals surface area contributed by atoms with Crippen LogP contribution in [0.5, 0.6) is 5.75 Å². The highest BCUT2D eigenvalue weighted by Gasteiger charge is 2.16. The van der Waals surface area contributed by atoms with E-state index in [0.29, 0.717) is 15.6 Å². The average Bonchev–Trinajstić information content (AvgIpc) is 3.13. The Hall–Kier alpha value is -3.70. The number of nitrogen functional groups attached to an aromatic ring is 1. The van der Waals surface area contributed by atoms with Crippen molar-refractivity contribution in [2.24, 2.45) is 5.10 Å². The number of hydrazone groups is 1. The molecule has 1 amide bonds. The number of hydrogen-bond acceptors (Lipinski definition) is 9. The zero-order valence-corrected chi connectivity index (χ0v) is 16.4. The van der Waals surface area contributed by atoms with Crippen LogP contribution in [0.2, 0.25) is 10.0 Å². The highest BCUT2D eigenvalue weighted by Crippen LogP contribution is 2.26. The van der Waals surface area contributed by atoms with Gasteiger partial charge in [-0.2, -0.15) is 5.10 Å². The molecule has 0 saturated heterocycles. The highest BCUT2D eigenvalue weighted by molar-refractivity contribution is 6.35. The molecule has 1 aromatic heterocycles. The number of non-ortho nitro benzene ring substituents is 1. The number of aromatic nitrogens is 2. The van der Waals surface area contributed by atoms with Crippen molar-refractivity contribution < 1.29 is 19.1 Å². The number of nitrogens with zero attached hydrogens (tertiary/aromatic N) is 4. The zero-order valence-electron chi connectivity index (χ0n) is 14.9. The van der Waals surface area contributed by atoms with E-state index in [0.717, 1.165) is 0 Å². The maximum atomic E-state index is 11.9. The van der Waals surface area contributed by atoms with Crippen molar-refractivity contribution in [1.82, 2.24) is 15.7 Å². The number of ether oxygens (including phenoxy) is 1. The third kappa shape index (κ3) is 5.01. The number of nitrogens with two attached hydrogens (primary N) is 1. The topological polar surface area (TPSA) is 159 Å². The van der Waals surface area contributed by atoms with Gasteiger partial charge in [0.25, 0.3) is 11.6 Å². The number of nitro groups is 1. The minimum Gasteiger partial charge on any atom is -0.488 e. The summed E-state index contributed by atoms with van der Waals surface area (Å²) in [6.07, 6.45) is 1.17. The first kappa shape index (κ1) is 21.0. The van der Waals surface area contributed by atoms with Crippen molar-refractivity contribution in [3.8, 4) is 5.75 Å². The highest BCUT2D eigenvalue weighted by atomic mass is 35.5. The molecule has 0 aliphatic heterocycles. The van der Waals surface area contributed by atoms with Crippen molar-refractivity contribution >= 4 is 46.8 Å². The average molecular weight is 451 g/mol. The summed E-state index contributed by atoms with van der Waals surface area (Å²) in [4.78, 5) is 22.4. The molecular formula is C17H12Cl2N6O5. The molecule has 0 fully saturated rings. The number of anilines is 1. The molecule has 154 valence electrons. The normalized spacial score (nSPS) is 10.9. The number of nitrogens with one attached hydrogen (secondary N) is 1. The Morgan fingerprint density at radius 3 is 2.77 bits per heavy atom. The third-order valence-electron chi connectivity index (χ3n) is 3.70. The Kier molecular flexibility index (Phi) is 6.45. The predicted molar refractivity (Wildman–Crippen MR) is 108 cm³/mol. The number of rotatable bonds is 7. The smallest absolute Gasteiger partial charge is 0.297 e. The molecule has 3 aromatic rings. The summed E-state index contributed by atoms with van der Waals surface area (Å²) < 4.78 is 10.0. The van der Waals surface area contributed by atoms with E-state index < -0.39 is 10.8 Å². The van der Waals surface area contributed by atoms with Crippen molar-refractivity contribution in [3.05, 3.63) is 73.4 Å². The first-order chi connectivity index (χ1) is 14.3. The molecule has 0 radical (unpaired) electrons. The van der Waals surface area contributed by atoms with E-state index in [-0.39, 0.29) is 35.1 Å². The molecule has 30 heavy (non-hydrogen) atoms. The minimum atomic E-state index is -0.772. The molecule has 0 spiro atoms. The Labute approximate surface area is 178 Å². The summed E-state index contributed by atoms with van der Waals surface area (Å²) in [5, 5.41) is 22.3. The van der Waals surface area contributed by atoms with E-state index in [1.165, 1.54) is 24.4 Å². The fraction of sp³-hybridized carbons (Fsp3) is 0.0588. The summed E-state index contributed by atoms with van der Waals surface area (Å²) in [5.41, 5.74) is 8.04. The Bertz CT molecular complexity index is 1130. The maximum Gasteiger partial charge on any atom is 0.297 e. The summed E-state index contributed by atoms with van der Waals surface area (Å²) in [5.74, 6) is -0.708. The second-order valence-corrected chi connectivity index (χ2v) is 6.54. The van der Waals surface area contributed by atoms with E-state index in [9.17, 15) is 14.9 Å².